The van der Waals surface area contributed by atoms with Crippen molar-refractivity contribution >= 4 is 17.2 Å². The van der Waals surface area contributed by atoms with Gasteiger partial charge in [-0.25, -0.2) is 4.98 Å². The molecule has 1 N–H and O–H groups in total. The van der Waals surface area contributed by atoms with Crippen LogP contribution in [-0.4, -0.2) is 20.3 Å². The summed E-state index contributed by atoms with van der Waals surface area (Å²) >= 11 is 0. The van der Waals surface area contributed by atoms with E-state index in [-0.39, 0.29) is 5.91 Å². The van der Waals surface area contributed by atoms with Gasteiger partial charge >= 0.3 is 0 Å². The van der Waals surface area contributed by atoms with Crippen LogP contribution in [0.4, 0.5) is 5.69 Å². The monoisotopic (exact) mass is 330 g/mol. The lowest BCUT2D eigenvalue weighted by atomic mass is 10.2. The molecule has 1 amide bonds. The third-order valence-corrected chi connectivity index (χ3v) is 3.63. The van der Waals surface area contributed by atoms with E-state index < -0.39 is 0 Å². The molecule has 6 heteroatoms. The molecular weight excluding hydrogens is 316 g/mol. The number of imidazole rings is 1. The van der Waals surface area contributed by atoms with Gasteiger partial charge in [0.05, 0.1) is 5.56 Å². The van der Waals surface area contributed by atoms with E-state index in [1.54, 1.807) is 65.7 Å². The third-order valence-electron chi connectivity index (χ3n) is 3.63. The molecule has 122 valence electrons. The van der Waals surface area contributed by atoms with Crippen molar-refractivity contribution in [2.75, 3.05) is 5.32 Å². The highest BCUT2D eigenvalue weighted by Gasteiger charge is 2.08. The number of ether oxygens (including phenoxy) is 1. The minimum atomic E-state index is -0.198. The molecule has 0 saturated carbocycles. The zero-order chi connectivity index (χ0) is 17.1. The third kappa shape index (κ3) is 3.32. The normalized spacial score (nSPS) is 10.6. The van der Waals surface area contributed by atoms with Crippen LogP contribution in [0.2, 0.25) is 0 Å². The summed E-state index contributed by atoms with van der Waals surface area (Å²) in [5.41, 5.74) is 2.00. The summed E-state index contributed by atoms with van der Waals surface area (Å²) in [5, 5.41) is 2.88. The SMILES string of the molecule is O=C(Nc1cccc(Oc2ccncc2)c1)c1ccc2nccn2c1. The standard InChI is InChI=1S/C19H14N4O2/c24-19(14-4-5-18-21-10-11-23(18)13-14)22-15-2-1-3-17(12-15)25-16-6-8-20-9-7-16/h1-13H,(H,22,24). The number of aromatic nitrogens is 3. The van der Waals surface area contributed by atoms with Gasteiger partial charge in [0, 0.05) is 42.7 Å². The van der Waals surface area contributed by atoms with Crippen LogP contribution >= 0.6 is 0 Å². The molecule has 3 aromatic heterocycles. The molecule has 25 heavy (non-hydrogen) atoms. The second kappa shape index (κ2) is 6.45. The molecule has 0 atom stereocenters. The minimum Gasteiger partial charge on any atom is -0.457 e. The summed E-state index contributed by atoms with van der Waals surface area (Å²) < 4.78 is 7.55. The van der Waals surface area contributed by atoms with Crippen molar-refractivity contribution in [2.24, 2.45) is 0 Å². The number of anilines is 1. The van der Waals surface area contributed by atoms with E-state index in [9.17, 15) is 4.79 Å². The molecule has 0 fully saturated rings. The van der Waals surface area contributed by atoms with Crippen LogP contribution in [0.25, 0.3) is 5.65 Å². The maximum Gasteiger partial charge on any atom is 0.257 e. The number of rotatable bonds is 4. The Bertz CT molecular complexity index is 1030. The molecule has 0 unspecified atom stereocenters. The van der Waals surface area contributed by atoms with Gasteiger partial charge < -0.3 is 14.5 Å². The predicted octanol–water partition coefficient (Wildman–Crippen LogP) is 3.77. The number of benzene rings is 1. The highest BCUT2D eigenvalue weighted by Crippen LogP contribution is 2.23. The number of hydrogen-bond donors (Lipinski definition) is 1. The number of carbonyl (C=O) groups excluding carboxylic acids is 1. The lowest BCUT2D eigenvalue weighted by molar-refractivity contribution is 0.102. The van der Waals surface area contributed by atoms with Crippen molar-refractivity contribution in [3.8, 4) is 11.5 Å². The van der Waals surface area contributed by atoms with Gasteiger partial charge in [0.2, 0.25) is 0 Å². The van der Waals surface area contributed by atoms with Crippen LogP contribution in [-0.2, 0) is 0 Å². The first kappa shape index (κ1) is 14.9. The fourth-order valence-electron chi connectivity index (χ4n) is 2.44. The van der Waals surface area contributed by atoms with Crippen LogP contribution < -0.4 is 10.1 Å². The Kier molecular flexibility index (Phi) is 3.84. The molecule has 0 aliphatic carbocycles. The highest BCUT2D eigenvalue weighted by atomic mass is 16.5. The quantitative estimate of drug-likeness (QED) is 0.618. The van der Waals surface area contributed by atoms with Gasteiger partial charge in [-0.3, -0.25) is 9.78 Å². The number of nitrogens with one attached hydrogen (secondary N) is 1. The first-order valence-corrected chi connectivity index (χ1v) is 7.70. The van der Waals surface area contributed by atoms with Crippen LogP contribution in [0.1, 0.15) is 10.4 Å². The van der Waals surface area contributed by atoms with Crippen LogP contribution in [0, 0.1) is 0 Å². The Labute approximate surface area is 143 Å². The van der Waals surface area contributed by atoms with Crippen molar-refractivity contribution < 1.29 is 9.53 Å². The first-order chi connectivity index (χ1) is 12.3. The molecule has 1 aromatic carbocycles. The molecule has 0 spiro atoms. The molecular formula is C19H14N4O2. The molecule has 6 nitrogen and oxygen atoms in total. The Balaban J connectivity index is 1.52. The van der Waals surface area contributed by atoms with Crippen molar-refractivity contribution in [3.05, 3.63) is 85.1 Å². The smallest absolute Gasteiger partial charge is 0.257 e. The Morgan fingerprint density at radius 2 is 1.88 bits per heavy atom. The maximum absolute atomic E-state index is 12.5. The summed E-state index contributed by atoms with van der Waals surface area (Å²) in [5.74, 6) is 1.12. The molecule has 0 saturated heterocycles. The predicted molar refractivity (Wildman–Crippen MR) is 93.9 cm³/mol. The Morgan fingerprint density at radius 3 is 2.76 bits per heavy atom. The van der Waals surface area contributed by atoms with E-state index in [0.717, 1.165) is 5.65 Å². The van der Waals surface area contributed by atoms with Gasteiger partial charge in [-0.15, -0.1) is 0 Å². The minimum absolute atomic E-state index is 0.198. The van der Waals surface area contributed by atoms with E-state index >= 15 is 0 Å². The van der Waals surface area contributed by atoms with Crippen LogP contribution in [0.3, 0.4) is 0 Å². The second-order valence-corrected chi connectivity index (χ2v) is 5.38. The topological polar surface area (TPSA) is 68.5 Å². The van der Waals surface area contributed by atoms with Crippen molar-refractivity contribution in [2.45, 2.75) is 0 Å². The summed E-state index contributed by atoms with van der Waals surface area (Å²) in [4.78, 5) is 20.6. The molecule has 0 bridgehead atoms. The lowest BCUT2D eigenvalue weighted by Gasteiger charge is -2.09. The molecule has 4 aromatic rings. The zero-order valence-corrected chi connectivity index (χ0v) is 13.2. The summed E-state index contributed by atoms with van der Waals surface area (Å²) in [6.45, 7) is 0. The average Bonchev–Trinajstić information content (AvgIpc) is 3.10. The molecule has 0 aliphatic heterocycles. The van der Waals surface area contributed by atoms with E-state index in [1.165, 1.54) is 0 Å². The number of hydrogen-bond acceptors (Lipinski definition) is 4. The summed E-state index contributed by atoms with van der Waals surface area (Å²) in [6, 6.07) is 14.3. The van der Waals surface area contributed by atoms with E-state index in [0.29, 0.717) is 22.7 Å². The Morgan fingerprint density at radius 1 is 1.00 bits per heavy atom. The zero-order valence-electron chi connectivity index (χ0n) is 13.2. The van der Waals surface area contributed by atoms with Gasteiger partial charge in [0.25, 0.3) is 5.91 Å². The van der Waals surface area contributed by atoms with Gasteiger partial charge in [-0.05, 0) is 36.4 Å². The number of fused-ring (bicyclic) bond motifs is 1. The summed E-state index contributed by atoms with van der Waals surface area (Å²) in [6.07, 6.45) is 8.56. The van der Waals surface area contributed by atoms with Gasteiger partial charge in [0.15, 0.2) is 0 Å². The van der Waals surface area contributed by atoms with Crippen molar-refractivity contribution in [1.82, 2.24) is 14.4 Å². The first-order valence-electron chi connectivity index (χ1n) is 7.70. The number of nitrogens with zero attached hydrogens (tertiary/aromatic N) is 3. The Hall–Kier alpha value is -3.67. The van der Waals surface area contributed by atoms with Gasteiger partial charge in [0.1, 0.15) is 17.1 Å². The lowest BCUT2D eigenvalue weighted by Crippen LogP contribution is -2.12. The van der Waals surface area contributed by atoms with Crippen LogP contribution in [0.5, 0.6) is 11.5 Å². The number of carbonyl (C=O) groups is 1. The largest absolute Gasteiger partial charge is 0.457 e. The second-order valence-electron chi connectivity index (χ2n) is 5.38. The maximum atomic E-state index is 12.5. The molecule has 0 radical (unpaired) electrons. The number of pyridine rings is 2. The van der Waals surface area contributed by atoms with Crippen LogP contribution in [0.15, 0.2) is 79.5 Å². The van der Waals surface area contributed by atoms with Crippen molar-refractivity contribution in [3.63, 3.8) is 0 Å². The molecule has 3 heterocycles. The van der Waals surface area contributed by atoms with E-state index in [1.807, 2.05) is 18.2 Å². The summed E-state index contributed by atoms with van der Waals surface area (Å²) in [7, 11) is 0. The van der Waals surface area contributed by atoms with Gasteiger partial charge in [-0.1, -0.05) is 6.07 Å². The highest BCUT2D eigenvalue weighted by molar-refractivity contribution is 6.04. The van der Waals surface area contributed by atoms with E-state index in [2.05, 4.69) is 15.3 Å². The fraction of sp³-hybridized carbons (Fsp3) is 0. The molecule has 0 aliphatic rings. The average molecular weight is 330 g/mol. The van der Waals surface area contributed by atoms with Crippen molar-refractivity contribution in [1.29, 1.82) is 0 Å². The van der Waals surface area contributed by atoms with Gasteiger partial charge in [-0.2, -0.15) is 0 Å². The van der Waals surface area contributed by atoms with E-state index in [4.69, 9.17) is 4.74 Å². The fourth-order valence-corrected chi connectivity index (χ4v) is 2.44. The molecule has 4 rings (SSSR count). The number of amides is 1.